The first-order valence-electron chi connectivity index (χ1n) is 7.50. The molecule has 0 N–H and O–H groups in total. The number of rotatable bonds is 9. The number of benzene rings is 1. The first kappa shape index (κ1) is 15.0. The molecular weight excluding hydrogens is 216 g/mol. The van der Waals surface area contributed by atoms with E-state index in [0.717, 1.165) is 0 Å². The fraction of sp³-hybridized carbons (Fsp3) is 0.556. The van der Waals surface area contributed by atoms with Gasteiger partial charge in [0.15, 0.2) is 0 Å². The van der Waals surface area contributed by atoms with Crippen LogP contribution in [0.5, 0.6) is 0 Å². The average molecular weight is 243 g/mol. The maximum Gasteiger partial charge on any atom is -0.0103 e. The summed E-state index contributed by atoms with van der Waals surface area (Å²) in [5, 5.41) is 0. The van der Waals surface area contributed by atoms with Crippen molar-refractivity contribution in [1.82, 2.24) is 0 Å². The molecule has 18 heavy (non-hydrogen) atoms. The summed E-state index contributed by atoms with van der Waals surface area (Å²) in [5.41, 5.74) is 2.72. The van der Waals surface area contributed by atoms with Gasteiger partial charge in [-0.25, -0.2) is 0 Å². The second-order valence-electron chi connectivity index (χ2n) is 4.96. The highest BCUT2D eigenvalue weighted by Gasteiger charge is 2.00. The Morgan fingerprint density at radius 2 is 1.78 bits per heavy atom. The van der Waals surface area contributed by atoms with Gasteiger partial charge in [0.1, 0.15) is 0 Å². The molecule has 0 saturated carbocycles. The molecule has 1 rings (SSSR count). The van der Waals surface area contributed by atoms with Crippen LogP contribution >= 0.6 is 0 Å². The maximum absolute atomic E-state index is 3.32. The van der Waals surface area contributed by atoms with Crippen molar-refractivity contribution in [3.8, 4) is 0 Å². The van der Waals surface area contributed by atoms with Crippen LogP contribution in [0.15, 0.2) is 30.3 Å². The first-order chi connectivity index (χ1) is 8.88. The average Bonchev–Trinajstić information content (AvgIpc) is 2.43. The van der Waals surface area contributed by atoms with Gasteiger partial charge >= 0.3 is 0 Å². The zero-order valence-electron chi connectivity index (χ0n) is 12.0. The van der Waals surface area contributed by atoms with Crippen molar-refractivity contribution in [2.45, 2.75) is 65.2 Å². The van der Waals surface area contributed by atoms with Crippen molar-refractivity contribution < 1.29 is 0 Å². The van der Waals surface area contributed by atoms with Crippen molar-refractivity contribution in [2.75, 3.05) is 0 Å². The van der Waals surface area contributed by atoms with Crippen LogP contribution in [0.25, 0.3) is 5.57 Å². The minimum absolute atomic E-state index is 1.20. The molecule has 0 aromatic heterocycles. The minimum Gasteiger partial charge on any atom is -0.0838 e. The van der Waals surface area contributed by atoms with Crippen molar-refractivity contribution in [3.63, 3.8) is 0 Å². The Labute approximate surface area is 113 Å². The largest absolute Gasteiger partial charge is 0.0838 e. The Hall–Kier alpha value is -1.04. The van der Waals surface area contributed by atoms with Gasteiger partial charge < -0.3 is 0 Å². The van der Waals surface area contributed by atoms with E-state index in [2.05, 4.69) is 38.1 Å². The van der Waals surface area contributed by atoms with Crippen LogP contribution in [0.4, 0.5) is 0 Å². The van der Waals surface area contributed by atoms with Gasteiger partial charge in [-0.2, -0.15) is 0 Å². The molecule has 0 fully saturated rings. The van der Waals surface area contributed by atoms with Crippen molar-refractivity contribution in [1.29, 1.82) is 0 Å². The standard InChI is InChI=1S/C18H27/c1-3-5-6-7-8-9-11-14-17(4-2)18-15-12-10-13-16-18/h4,10,12-13,15H,3,5-9,11,14H2,1-2H3/b17-4-. The van der Waals surface area contributed by atoms with Gasteiger partial charge in [-0.1, -0.05) is 75.8 Å². The smallest absolute Gasteiger partial charge is 0.0103 e. The number of hydrogen-bond acceptors (Lipinski definition) is 0. The Kier molecular flexibility index (Phi) is 8.29. The molecule has 0 saturated heterocycles. The maximum atomic E-state index is 3.32. The van der Waals surface area contributed by atoms with E-state index in [-0.39, 0.29) is 0 Å². The molecule has 0 amide bonds. The highest BCUT2D eigenvalue weighted by Crippen LogP contribution is 2.21. The lowest BCUT2D eigenvalue weighted by molar-refractivity contribution is 0.593. The van der Waals surface area contributed by atoms with Gasteiger partial charge in [-0.3, -0.25) is 0 Å². The van der Waals surface area contributed by atoms with E-state index in [1.807, 2.05) is 12.1 Å². The molecule has 0 unspecified atom stereocenters. The van der Waals surface area contributed by atoms with Crippen LogP contribution in [-0.4, -0.2) is 0 Å². The lowest BCUT2D eigenvalue weighted by Crippen LogP contribution is -1.86. The topological polar surface area (TPSA) is 0 Å². The van der Waals surface area contributed by atoms with E-state index in [0.29, 0.717) is 0 Å². The third kappa shape index (κ3) is 6.05. The quantitative estimate of drug-likeness (QED) is 0.464. The number of unbranched alkanes of at least 4 members (excludes halogenated alkanes) is 6. The van der Waals surface area contributed by atoms with Gasteiger partial charge in [0.05, 0.1) is 0 Å². The molecule has 1 aromatic carbocycles. The van der Waals surface area contributed by atoms with Crippen molar-refractivity contribution in [3.05, 3.63) is 42.0 Å². The number of allylic oxidation sites excluding steroid dienone is 2. The van der Waals surface area contributed by atoms with Crippen LogP contribution in [0.2, 0.25) is 0 Å². The lowest BCUT2D eigenvalue weighted by Gasteiger charge is -2.07. The predicted octanol–water partition coefficient (Wildman–Crippen LogP) is 6.03. The van der Waals surface area contributed by atoms with E-state index >= 15 is 0 Å². The zero-order chi connectivity index (χ0) is 13.1. The molecule has 99 valence electrons. The molecule has 0 aliphatic rings. The zero-order valence-corrected chi connectivity index (χ0v) is 12.0. The fourth-order valence-corrected chi connectivity index (χ4v) is 2.30. The third-order valence-electron chi connectivity index (χ3n) is 3.45. The Balaban J connectivity index is 2.18. The van der Waals surface area contributed by atoms with Gasteiger partial charge in [-0.05, 0) is 37.0 Å². The summed E-state index contributed by atoms with van der Waals surface area (Å²) < 4.78 is 0. The fourth-order valence-electron chi connectivity index (χ4n) is 2.30. The molecule has 0 aliphatic carbocycles. The second kappa shape index (κ2) is 9.94. The summed E-state index contributed by atoms with van der Waals surface area (Å²) in [6.45, 7) is 4.41. The molecule has 0 bridgehead atoms. The second-order valence-corrected chi connectivity index (χ2v) is 4.96. The van der Waals surface area contributed by atoms with E-state index in [1.54, 1.807) is 0 Å². The van der Waals surface area contributed by atoms with Crippen LogP contribution in [0, 0.1) is 6.07 Å². The Bertz CT molecular complexity index is 321. The summed E-state index contributed by atoms with van der Waals surface area (Å²) in [5.74, 6) is 0. The molecule has 0 nitrogen and oxygen atoms in total. The monoisotopic (exact) mass is 243 g/mol. The number of hydrogen-bond donors (Lipinski definition) is 0. The van der Waals surface area contributed by atoms with E-state index in [1.165, 1.54) is 62.5 Å². The molecule has 0 aliphatic heterocycles. The molecule has 1 aromatic rings. The summed E-state index contributed by atoms with van der Waals surface area (Å²) >= 11 is 0. The van der Waals surface area contributed by atoms with Gasteiger partial charge in [0.25, 0.3) is 0 Å². The molecule has 0 heteroatoms. The highest BCUT2D eigenvalue weighted by atomic mass is 14.0. The van der Waals surface area contributed by atoms with Crippen LogP contribution in [0.3, 0.4) is 0 Å². The SMILES string of the molecule is C/C=C(/CCCCCCCCC)c1[c]cccc1. The Morgan fingerprint density at radius 3 is 2.39 bits per heavy atom. The van der Waals surface area contributed by atoms with Gasteiger partial charge in [0.2, 0.25) is 0 Å². The molecular formula is C18H27. The minimum atomic E-state index is 1.20. The van der Waals surface area contributed by atoms with Gasteiger partial charge in [-0.15, -0.1) is 0 Å². The molecule has 0 spiro atoms. The normalized spacial score (nSPS) is 11.8. The Morgan fingerprint density at radius 1 is 1.06 bits per heavy atom. The van der Waals surface area contributed by atoms with Crippen LogP contribution in [0.1, 0.15) is 70.8 Å². The summed E-state index contributed by atoms with van der Waals surface area (Å²) in [7, 11) is 0. The van der Waals surface area contributed by atoms with E-state index < -0.39 is 0 Å². The molecule has 1 radical (unpaired) electrons. The van der Waals surface area contributed by atoms with Crippen LogP contribution < -0.4 is 0 Å². The van der Waals surface area contributed by atoms with E-state index in [4.69, 9.17) is 0 Å². The molecule has 0 atom stereocenters. The first-order valence-corrected chi connectivity index (χ1v) is 7.50. The van der Waals surface area contributed by atoms with Crippen molar-refractivity contribution in [2.24, 2.45) is 0 Å². The lowest BCUT2D eigenvalue weighted by atomic mass is 9.99. The summed E-state index contributed by atoms with van der Waals surface area (Å²) in [4.78, 5) is 0. The third-order valence-corrected chi connectivity index (χ3v) is 3.45. The summed E-state index contributed by atoms with van der Waals surface area (Å²) in [6, 6.07) is 11.6. The van der Waals surface area contributed by atoms with E-state index in [9.17, 15) is 0 Å². The summed E-state index contributed by atoms with van der Waals surface area (Å²) in [6.07, 6.45) is 13.1. The van der Waals surface area contributed by atoms with Crippen LogP contribution in [-0.2, 0) is 0 Å². The van der Waals surface area contributed by atoms with Gasteiger partial charge in [0, 0.05) is 0 Å². The highest BCUT2D eigenvalue weighted by molar-refractivity contribution is 5.64. The predicted molar refractivity (Wildman–Crippen MR) is 81.5 cm³/mol. The van der Waals surface area contributed by atoms with Crippen molar-refractivity contribution >= 4 is 5.57 Å². The molecule has 0 heterocycles.